The first kappa shape index (κ1) is 13.4. The predicted molar refractivity (Wildman–Crippen MR) is 32.3 cm³/mol. The quantitative estimate of drug-likeness (QED) is 0.578. The van der Waals surface area contributed by atoms with E-state index in [1.165, 1.54) is 0 Å². The third kappa shape index (κ3) is 4.59. The maximum Gasteiger partial charge on any atom is 0.455 e. The van der Waals surface area contributed by atoms with Crippen LogP contribution in [-0.2, 0) is 39.9 Å². The summed E-state index contributed by atoms with van der Waals surface area (Å²) in [6, 6.07) is 0. The Kier molecular flexibility index (Phi) is 7.31. The van der Waals surface area contributed by atoms with Gasteiger partial charge in [-0.2, -0.15) is 0 Å². The summed E-state index contributed by atoms with van der Waals surface area (Å²) < 4.78 is 24.0. The van der Waals surface area contributed by atoms with Crippen LogP contribution in [0.3, 0.4) is 0 Å². The van der Waals surface area contributed by atoms with E-state index >= 15 is 0 Å². The van der Waals surface area contributed by atoms with Crippen molar-refractivity contribution in [1.29, 1.82) is 0 Å². The van der Waals surface area contributed by atoms with Crippen molar-refractivity contribution >= 4 is 15.0 Å². The van der Waals surface area contributed by atoms with Crippen LogP contribution < -0.4 is 0 Å². The first-order valence-corrected chi connectivity index (χ1v) is 5.64. The second-order valence-electron chi connectivity index (χ2n) is 1.08. The molecule has 0 radical (unpaired) electrons. The van der Waals surface area contributed by atoms with Crippen LogP contribution in [0.1, 0.15) is 0 Å². The molecule has 0 saturated heterocycles. The van der Waals surface area contributed by atoms with E-state index < -0.39 is 15.0 Å². The van der Waals surface area contributed by atoms with Crippen LogP contribution in [0.2, 0.25) is 0 Å². The van der Waals surface area contributed by atoms with Gasteiger partial charge in [-0.1, -0.05) is 6.58 Å². The summed E-state index contributed by atoms with van der Waals surface area (Å²) in [5, 5.41) is 0. The second-order valence-corrected chi connectivity index (χ2v) is 5.74. The van der Waals surface area contributed by atoms with Gasteiger partial charge < -0.3 is 14.3 Å². The largest absolute Gasteiger partial charge is 0.455 e. The van der Waals surface area contributed by atoms with E-state index in [1.807, 2.05) is 0 Å². The molecule has 0 aromatic rings. The van der Waals surface area contributed by atoms with Crippen LogP contribution in [0.5, 0.6) is 0 Å². The molecule has 8 heteroatoms. The molecule has 0 aliphatic carbocycles. The molecule has 0 spiro atoms. The van der Waals surface area contributed by atoms with Gasteiger partial charge in [-0.3, -0.25) is 4.57 Å². The van der Waals surface area contributed by atoms with Gasteiger partial charge in [0.05, 0.1) is 6.26 Å². The first-order chi connectivity index (χ1) is 4.00. The minimum atomic E-state index is -4.28. The van der Waals surface area contributed by atoms with E-state index in [4.69, 9.17) is 9.79 Å². The number of hydrogen-bond acceptors (Lipinski definition) is 3. The van der Waals surface area contributed by atoms with Gasteiger partial charge in [0.2, 0.25) is 0 Å². The molecular formula is C2H6O5P2Zr. The standard InChI is InChI=1S/C2H6O5P2.Zr/c1-2-7-9(5,6)8(3)4;/h2,8H,1H2,(H,3,4)(H,5,6);. The van der Waals surface area contributed by atoms with Crippen LogP contribution in [-0.4, -0.2) is 9.79 Å². The zero-order valence-electron chi connectivity index (χ0n) is 4.85. The van der Waals surface area contributed by atoms with Crippen molar-refractivity contribution in [1.82, 2.24) is 0 Å². The Hall–Kier alpha value is 0.803. The van der Waals surface area contributed by atoms with Crippen LogP contribution in [0.15, 0.2) is 12.8 Å². The third-order valence-electron chi connectivity index (χ3n) is 0.459. The minimum absolute atomic E-state index is 0. The van der Waals surface area contributed by atoms with Crippen molar-refractivity contribution in [3.63, 3.8) is 0 Å². The molecule has 0 saturated carbocycles. The summed E-state index contributed by atoms with van der Waals surface area (Å²) in [6.07, 6.45) is 0.652. The molecule has 2 N–H and O–H groups in total. The molecule has 0 bridgehead atoms. The van der Waals surface area contributed by atoms with E-state index in [9.17, 15) is 9.13 Å². The van der Waals surface area contributed by atoms with Crippen molar-refractivity contribution in [3.8, 4) is 0 Å². The Morgan fingerprint density at radius 1 is 1.70 bits per heavy atom. The van der Waals surface area contributed by atoms with Gasteiger partial charge in [0.25, 0.3) is 0 Å². The van der Waals surface area contributed by atoms with E-state index in [-0.39, 0.29) is 26.2 Å². The summed E-state index contributed by atoms with van der Waals surface area (Å²) in [4.78, 5) is 16.4. The Labute approximate surface area is 77.5 Å². The van der Waals surface area contributed by atoms with Gasteiger partial charge in [-0.15, -0.1) is 0 Å². The predicted octanol–water partition coefficient (Wildman–Crippen LogP) is 0.711. The minimum Gasteiger partial charge on any atom is -0.427 e. The van der Waals surface area contributed by atoms with E-state index in [0.717, 1.165) is 0 Å². The fourth-order valence-electron chi connectivity index (χ4n) is 0.146. The molecule has 0 heterocycles. The molecule has 0 aromatic carbocycles. The van der Waals surface area contributed by atoms with Gasteiger partial charge >= 0.3 is 15.0 Å². The molecule has 2 atom stereocenters. The fraction of sp³-hybridized carbons (Fsp3) is 0. The summed E-state index contributed by atoms with van der Waals surface area (Å²) in [7, 11) is -7.79. The van der Waals surface area contributed by atoms with E-state index in [2.05, 4.69) is 11.1 Å². The van der Waals surface area contributed by atoms with Crippen molar-refractivity contribution in [2.45, 2.75) is 0 Å². The molecule has 0 amide bonds. The first-order valence-electron chi connectivity index (χ1n) is 1.86. The molecule has 2 unspecified atom stereocenters. The average Bonchev–Trinajstić information content (AvgIpc) is 1.65. The van der Waals surface area contributed by atoms with Gasteiger partial charge in [0.1, 0.15) is 0 Å². The van der Waals surface area contributed by atoms with Gasteiger partial charge in [0, 0.05) is 26.2 Å². The summed E-state index contributed by atoms with van der Waals surface area (Å²) >= 11 is 0. The third-order valence-corrected chi connectivity index (χ3v) is 3.14. The van der Waals surface area contributed by atoms with Gasteiger partial charge in [0.15, 0.2) is 0 Å². The second kappa shape index (κ2) is 5.45. The van der Waals surface area contributed by atoms with Gasteiger partial charge in [-0.25, -0.2) is 4.57 Å². The summed E-state index contributed by atoms with van der Waals surface area (Å²) in [5.41, 5.74) is 0. The molecule has 0 aliphatic rings. The van der Waals surface area contributed by atoms with Gasteiger partial charge in [-0.05, 0) is 0 Å². The Balaban J connectivity index is 0. The van der Waals surface area contributed by atoms with E-state index in [0.29, 0.717) is 6.26 Å². The zero-order valence-corrected chi connectivity index (χ0v) is 9.20. The Morgan fingerprint density at radius 3 is 2.20 bits per heavy atom. The van der Waals surface area contributed by atoms with Crippen molar-refractivity contribution in [3.05, 3.63) is 12.8 Å². The SMILES string of the molecule is C=COP(=O)(O)[PH](=O)O.[Zr]. The number of rotatable bonds is 3. The molecule has 0 aromatic heterocycles. The van der Waals surface area contributed by atoms with Crippen molar-refractivity contribution in [2.24, 2.45) is 0 Å². The topological polar surface area (TPSA) is 83.8 Å². The Morgan fingerprint density at radius 2 is 2.10 bits per heavy atom. The molecular weight excluding hydrogens is 257 g/mol. The molecule has 0 aliphatic heterocycles. The molecule has 0 rings (SSSR count). The Bertz CT molecular complexity index is 178. The van der Waals surface area contributed by atoms with Crippen LogP contribution >= 0.6 is 15.0 Å². The van der Waals surface area contributed by atoms with Crippen LogP contribution in [0, 0.1) is 0 Å². The molecule has 10 heavy (non-hydrogen) atoms. The average molecular weight is 263 g/mol. The number of hydrogen-bond donors (Lipinski definition) is 2. The molecule has 0 fully saturated rings. The van der Waals surface area contributed by atoms with Crippen molar-refractivity contribution in [2.75, 3.05) is 0 Å². The zero-order chi connectivity index (χ0) is 7.49. The molecule has 5 nitrogen and oxygen atoms in total. The monoisotopic (exact) mass is 262 g/mol. The van der Waals surface area contributed by atoms with E-state index in [1.54, 1.807) is 0 Å². The smallest absolute Gasteiger partial charge is 0.427 e. The maximum atomic E-state index is 10.3. The summed E-state index contributed by atoms with van der Waals surface area (Å²) in [6.45, 7) is 2.94. The van der Waals surface area contributed by atoms with Crippen molar-refractivity contribution < 1.29 is 49.6 Å². The van der Waals surface area contributed by atoms with Crippen LogP contribution in [0.4, 0.5) is 0 Å². The maximum absolute atomic E-state index is 10.3. The molecule has 58 valence electrons. The fourth-order valence-corrected chi connectivity index (χ4v) is 0.932. The van der Waals surface area contributed by atoms with Crippen LogP contribution in [0.25, 0.3) is 0 Å². The normalized spacial score (nSPS) is 17.8. The summed E-state index contributed by atoms with van der Waals surface area (Å²) in [5.74, 6) is 0.